The second kappa shape index (κ2) is 11.1. The van der Waals surface area contributed by atoms with Crippen LogP contribution in [0, 0.1) is 0 Å². The Morgan fingerprint density at radius 3 is 2.59 bits per heavy atom. The number of aryl methyl sites for hydroxylation is 2. The summed E-state index contributed by atoms with van der Waals surface area (Å²) < 4.78 is 4.04. The van der Waals surface area contributed by atoms with E-state index in [0.717, 1.165) is 57.9 Å². The van der Waals surface area contributed by atoms with Gasteiger partial charge in [0.05, 0.1) is 0 Å². The van der Waals surface area contributed by atoms with Gasteiger partial charge in [0.2, 0.25) is 5.56 Å². The molecule has 29 heavy (non-hydrogen) atoms. The maximum atomic E-state index is 11.7. The Balaban J connectivity index is 1.39. The molecule has 1 aromatic carbocycles. The molecule has 0 unspecified atom stereocenters. The van der Waals surface area contributed by atoms with Crippen LogP contribution in [0.3, 0.4) is 0 Å². The molecule has 0 saturated carbocycles. The minimum absolute atomic E-state index is 0.0610. The second-order valence-corrected chi connectivity index (χ2v) is 7.05. The molecule has 3 rings (SSSR count). The van der Waals surface area contributed by atoms with Crippen LogP contribution in [0.1, 0.15) is 26.2 Å². The highest BCUT2D eigenvalue weighted by Crippen LogP contribution is 2.15. The zero-order valence-corrected chi connectivity index (χ0v) is 17.2. The van der Waals surface area contributed by atoms with Crippen LogP contribution in [-0.4, -0.2) is 34.7 Å². The van der Waals surface area contributed by atoms with Crippen LogP contribution >= 0.6 is 0 Å². The molecule has 0 amide bonds. The van der Waals surface area contributed by atoms with Gasteiger partial charge in [-0.1, -0.05) is 24.3 Å². The summed E-state index contributed by atoms with van der Waals surface area (Å²) in [5.74, 6) is 0.863. The van der Waals surface area contributed by atoms with Crippen LogP contribution in [0.25, 0.3) is 10.9 Å². The Morgan fingerprint density at radius 2 is 1.72 bits per heavy atom. The number of hydrogen-bond donors (Lipinski definition) is 2. The number of nitrogens with one attached hydrogen (secondary N) is 2. The number of nitrogens with zero attached hydrogens (tertiary/aromatic N) is 3. The minimum Gasteiger partial charge on any atom is -0.357 e. The average Bonchev–Trinajstić information content (AvgIpc) is 3.15. The Bertz CT molecular complexity index is 972. The van der Waals surface area contributed by atoms with Gasteiger partial charge in [0.25, 0.3) is 0 Å². The second-order valence-electron chi connectivity index (χ2n) is 7.05. The molecule has 0 aliphatic rings. The quantitative estimate of drug-likeness (QED) is 0.316. The van der Waals surface area contributed by atoms with E-state index < -0.39 is 0 Å². The van der Waals surface area contributed by atoms with Gasteiger partial charge in [0.1, 0.15) is 0 Å². The maximum Gasteiger partial charge on any atom is 0.250 e. The summed E-state index contributed by atoms with van der Waals surface area (Å²) in [5.41, 5.74) is 1.34. The Hall–Kier alpha value is -3.02. The van der Waals surface area contributed by atoms with E-state index in [9.17, 15) is 4.79 Å². The zero-order valence-electron chi connectivity index (χ0n) is 17.2. The first-order valence-corrected chi connectivity index (χ1v) is 10.5. The molecular formula is C23H31N5O. The molecule has 2 heterocycles. The lowest BCUT2D eigenvalue weighted by molar-refractivity contribution is 0.585. The predicted octanol–water partition coefficient (Wildman–Crippen LogP) is 3.23. The van der Waals surface area contributed by atoms with E-state index in [4.69, 9.17) is 0 Å². The summed E-state index contributed by atoms with van der Waals surface area (Å²) in [6, 6.07) is 15.9. The normalized spacial score (nSPS) is 11.7. The number of benzene rings is 1. The van der Waals surface area contributed by atoms with Crippen molar-refractivity contribution in [3.63, 3.8) is 0 Å². The number of para-hydroxylation sites is 1. The van der Waals surface area contributed by atoms with Crippen molar-refractivity contribution in [2.75, 3.05) is 19.6 Å². The van der Waals surface area contributed by atoms with E-state index in [0.29, 0.717) is 0 Å². The van der Waals surface area contributed by atoms with Gasteiger partial charge in [0.15, 0.2) is 5.96 Å². The predicted molar refractivity (Wildman–Crippen MR) is 120 cm³/mol. The van der Waals surface area contributed by atoms with Crippen molar-refractivity contribution in [1.29, 1.82) is 0 Å². The fourth-order valence-corrected chi connectivity index (χ4v) is 3.37. The molecule has 0 bridgehead atoms. The van der Waals surface area contributed by atoms with Gasteiger partial charge in [0, 0.05) is 56.7 Å². The molecule has 0 aliphatic carbocycles. The summed E-state index contributed by atoms with van der Waals surface area (Å²) in [6.07, 6.45) is 6.93. The number of unbranched alkanes of at least 4 members (excludes halogenated alkanes) is 1. The Kier molecular flexibility index (Phi) is 7.92. The van der Waals surface area contributed by atoms with Crippen molar-refractivity contribution in [1.82, 2.24) is 19.8 Å². The van der Waals surface area contributed by atoms with Crippen molar-refractivity contribution in [2.24, 2.45) is 4.99 Å². The van der Waals surface area contributed by atoms with Crippen molar-refractivity contribution in [3.8, 4) is 0 Å². The third-order valence-corrected chi connectivity index (χ3v) is 4.87. The number of pyridine rings is 1. The number of aromatic nitrogens is 2. The van der Waals surface area contributed by atoms with Gasteiger partial charge in [-0.3, -0.25) is 9.79 Å². The van der Waals surface area contributed by atoms with Gasteiger partial charge >= 0.3 is 0 Å². The van der Waals surface area contributed by atoms with Crippen LogP contribution in [-0.2, 0) is 13.1 Å². The van der Waals surface area contributed by atoms with E-state index in [1.807, 2.05) is 12.3 Å². The largest absolute Gasteiger partial charge is 0.357 e. The molecule has 0 atom stereocenters. The van der Waals surface area contributed by atoms with E-state index in [1.54, 1.807) is 16.7 Å². The van der Waals surface area contributed by atoms with Gasteiger partial charge in [-0.05, 0) is 49.8 Å². The number of hydrogen-bond acceptors (Lipinski definition) is 2. The first-order chi connectivity index (χ1) is 14.3. The van der Waals surface area contributed by atoms with Crippen molar-refractivity contribution in [3.05, 3.63) is 71.3 Å². The van der Waals surface area contributed by atoms with Crippen LogP contribution in [0.2, 0.25) is 0 Å². The molecular weight excluding hydrogens is 362 g/mol. The fourth-order valence-electron chi connectivity index (χ4n) is 3.37. The lowest BCUT2D eigenvalue weighted by Gasteiger charge is -2.12. The maximum absolute atomic E-state index is 11.7. The molecule has 0 aliphatic heterocycles. The molecule has 3 aromatic rings. The highest BCUT2D eigenvalue weighted by molar-refractivity contribution is 5.80. The Labute approximate surface area is 172 Å². The topological polar surface area (TPSA) is 63.4 Å². The highest BCUT2D eigenvalue weighted by atomic mass is 16.1. The van der Waals surface area contributed by atoms with E-state index in [-0.39, 0.29) is 5.56 Å². The summed E-state index contributed by atoms with van der Waals surface area (Å²) in [4.78, 5) is 16.4. The molecule has 6 heteroatoms. The molecule has 0 saturated heterocycles. The number of fused-ring (bicyclic) bond motifs is 1. The summed E-state index contributed by atoms with van der Waals surface area (Å²) in [5, 5.41) is 7.97. The third kappa shape index (κ3) is 6.24. The van der Waals surface area contributed by atoms with Gasteiger partial charge < -0.3 is 19.8 Å². The van der Waals surface area contributed by atoms with E-state index in [2.05, 4.69) is 63.6 Å². The van der Waals surface area contributed by atoms with E-state index >= 15 is 0 Å². The monoisotopic (exact) mass is 393 g/mol. The summed E-state index contributed by atoms with van der Waals surface area (Å²) >= 11 is 0. The average molecular weight is 394 g/mol. The molecule has 0 spiro atoms. The lowest BCUT2D eigenvalue weighted by atomic mass is 10.2. The van der Waals surface area contributed by atoms with Crippen molar-refractivity contribution < 1.29 is 0 Å². The zero-order chi connectivity index (χ0) is 20.3. The van der Waals surface area contributed by atoms with Gasteiger partial charge in [-0.25, -0.2) is 0 Å². The van der Waals surface area contributed by atoms with Crippen molar-refractivity contribution in [2.45, 2.75) is 39.3 Å². The minimum atomic E-state index is 0.0610. The molecule has 2 N–H and O–H groups in total. The number of rotatable bonds is 10. The van der Waals surface area contributed by atoms with Crippen LogP contribution < -0.4 is 16.2 Å². The van der Waals surface area contributed by atoms with E-state index in [1.165, 1.54) is 10.9 Å². The van der Waals surface area contributed by atoms with Gasteiger partial charge in [-0.2, -0.15) is 0 Å². The molecule has 0 fully saturated rings. The molecule has 6 nitrogen and oxygen atoms in total. The molecule has 154 valence electrons. The van der Waals surface area contributed by atoms with Gasteiger partial charge in [-0.15, -0.1) is 0 Å². The first kappa shape index (κ1) is 20.7. The summed E-state index contributed by atoms with van der Waals surface area (Å²) in [7, 11) is 0. The number of guanidine groups is 1. The highest BCUT2D eigenvalue weighted by Gasteiger charge is 2.01. The molecule has 0 radical (unpaired) electrons. The Morgan fingerprint density at radius 1 is 0.897 bits per heavy atom. The standard InChI is InChI=1S/C23H31N5O/c1-2-24-23(25-14-6-8-17-28-16-7-5-12-22(28)29)26-15-9-18-27-19-13-20-10-3-4-11-21(20)27/h3-5,7,10-13,16,19H,2,6,8-9,14-15,17-18H2,1H3,(H2,24,25,26). The smallest absolute Gasteiger partial charge is 0.250 e. The summed E-state index contributed by atoms with van der Waals surface area (Å²) in [6.45, 7) is 6.25. The SMILES string of the molecule is CCNC(=NCCCn1ccc2ccccc21)NCCCCn1ccccc1=O. The third-order valence-electron chi connectivity index (χ3n) is 4.87. The van der Waals surface area contributed by atoms with Crippen LogP contribution in [0.5, 0.6) is 0 Å². The van der Waals surface area contributed by atoms with Crippen molar-refractivity contribution >= 4 is 16.9 Å². The molecule has 2 aromatic heterocycles. The first-order valence-electron chi connectivity index (χ1n) is 10.5. The fraction of sp³-hybridized carbons (Fsp3) is 0.391. The number of aliphatic imine (C=N–C) groups is 1. The van der Waals surface area contributed by atoms with Crippen LogP contribution in [0.15, 0.2) is 70.7 Å². The van der Waals surface area contributed by atoms with Crippen LogP contribution in [0.4, 0.5) is 0 Å². The lowest BCUT2D eigenvalue weighted by Crippen LogP contribution is -2.38.